The molecule has 0 bridgehead atoms. The molecule has 0 amide bonds. The number of hydrogen-bond donors (Lipinski definition) is 1. The van der Waals surface area contributed by atoms with E-state index in [1.807, 2.05) is 37.3 Å². The van der Waals surface area contributed by atoms with Crippen molar-refractivity contribution in [3.05, 3.63) is 70.3 Å². The highest BCUT2D eigenvalue weighted by molar-refractivity contribution is 5.94. The van der Waals surface area contributed by atoms with Crippen molar-refractivity contribution in [3.63, 3.8) is 0 Å². The first kappa shape index (κ1) is 14.5. The molecule has 108 valence electrons. The van der Waals surface area contributed by atoms with Crippen LogP contribution in [-0.4, -0.2) is 17.4 Å². The number of anilines is 1. The molecular formula is C15H15N3O3. The van der Waals surface area contributed by atoms with Gasteiger partial charge in [-0.3, -0.25) is 15.5 Å². The van der Waals surface area contributed by atoms with Crippen LogP contribution < -0.4 is 5.43 Å². The Morgan fingerprint density at radius 3 is 2.43 bits per heavy atom. The van der Waals surface area contributed by atoms with Gasteiger partial charge in [0.2, 0.25) is 5.90 Å². The van der Waals surface area contributed by atoms with Gasteiger partial charge in [-0.25, -0.2) is 0 Å². The fraction of sp³-hybridized carbons (Fsp3) is 0.133. The summed E-state index contributed by atoms with van der Waals surface area (Å²) in [6.07, 6.45) is 0. The number of nitro benzene ring substituents is 1. The van der Waals surface area contributed by atoms with E-state index in [9.17, 15) is 10.1 Å². The normalized spacial score (nSPS) is 11.0. The van der Waals surface area contributed by atoms with Crippen LogP contribution in [0.2, 0.25) is 0 Å². The maximum Gasteiger partial charge on any atom is 0.269 e. The highest BCUT2D eigenvalue weighted by Crippen LogP contribution is 2.15. The number of hydrazone groups is 1. The Kier molecular flexibility index (Phi) is 4.87. The Labute approximate surface area is 122 Å². The molecular weight excluding hydrogens is 270 g/mol. The largest absolute Gasteiger partial charge is 0.477 e. The van der Waals surface area contributed by atoms with Gasteiger partial charge in [0.15, 0.2) is 0 Å². The van der Waals surface area contributed by atoms with Crippen LogP contribution in [0.1, 0.15) is 12.5 Å². The molecule has 6 nitrogen and oxygen atoms in total. The number of non-ortho nitro benzene ring substituents is 1. The lowest BCUT2D eigenvalue weighted by Crippen LogP contribution is -2.09. The average Bonchev–Trinajstić information content (AvgIpc) is 2.52. The first-order chi connectivity index (χ1) is 10.2. The molecule has 0 heterocycles. The van der Waals surface area contributed by atoms with E-state index in [1.165, 1.54) is 12.1 Å². The van der Waals surface area contributed by atoms with Crippen LogP contribution >= 0.6 is 0 Å². The van der Waals surface area contributed by atoms with Gasteiger partial charge in [-0.2, -0.15) is 0 Å². The summed E-state index contributed by atoms with van der Waals surface area (Å²) in [6.45, 7) is 2.38. The van der Waals surface area contributed by atoms with Crippen molar-refractivity contribution in [2.75, 3.05) is 12.0 Å². The zero-order valence-electron chi connectivity index (χ0n) is 11.5. The van der Waals surface area contributed by atoms with Crippen LogP contribution in [0.25, 0.3) is 0 Å². The summed E-state index contributed by atoms with van der Waals surface area (Å²) in [6, 6.07) is 15.5. The molecule has 0 saturated heterocycles. The molecule has 1 N–H and O–H groups in total. The Morgan fingerprint density at radius 2 is 1.86 bits per heavy atom. The number of rotatable bonds is 5. The fourth-order valence-corrected chi connectivity index (χ4v) is 1.67. The Bertz CT molecular complexity index is 624. The van der Waals surface area contributed by atoms with E-state index in [0.29, 0.717) is 18.2 Å². The molecule has 0 radical (unpaired) electrons. The number of ether oxygens (including phenoxy) is 1. The second-order valence-corrected chi connectivity index (χ2v) is 4.13. The third-order valence-electron chi connectivity index (χ3n) is 2.67. The van der Waals surface area contributed by atoms with Gasteiger partial charge in [0, 0.05) is 17.7 Å². The quantitative estimate of drug-likeness (QED) is 0.395. The van der Waals surface area contributed by atoms with Crippen molar-refractivity contribution in [1.82, 2.24) is 0 Å². The monoisotopic (exact) mass is 285 g/mol. The van der Waals surface area contributed by atoms with Crippen LogP contribution in [0.4, 0.5) is 11.4 Å². The molecule has 0 aliphatic heterocycles. The SMILES string of the molecule is CCO/C(=N/Nc1ccc([N+](=O)[O-])cc1)c1ccccc1. The summed E-state index contributed by atoms with van der Waals surface area (Å²) in [7, 11) is 0. The van der Waals surface area contributed by atoms with Gasteiger partial charge < -0.3 is 4.74 Å². The van der Waals surface area contributed by atoms with E-state index in [-0.39, 0.29) is 5.69 Å². The molecule has 2 rings (SSSR count). The summed E-state index contributed by atoms with van der Waals surface area (Å²) in [4.78, 5) is 10.1. The maximum absolute atomic E-state index is 10.6. The second kappa shape index (κ2) is 7.04. The number of hydrogen-bond acceptors (Lipinski definition) is 5. The number of benzene rings is 2. The smallest absolute Gasteiger partial charge is 0.269 e. The molecule has 0 saturated carbocycles. The van der Waals surface area contributed by atoms with Gasteiger partial charge >= 0.3 is 0 Å². The van der Waals surface area contributed by atoms with E-state index in [0.717, 1.165) is 5.56 Å². The van der Waals surface area contributed by atoms with Gasteiger partial charge in [-0.05, 0) is 31.2 Å². The van der Waals surface area contributed by atoms with E-state index in [1.54, 1.807) is 12.1 Å². The molecule has 0 unspecified atom stereocenters. The highest BCUT2D eigenvalue weighted by atomic mass is 16.6. The predicted octanol–water partition coefficient (Wildman–Crippen LogP) is 3.41. The van der Waals surface area contributed by atoms with Crippen molar-refractivity contribution < 1.29 is 9.66 Å². The molecule has 2 aromatic carbocycles. The standard InChI is InChI=1S/C15H15N3O3/c1-2-21-15(12-6-4-3-5-7-12)17-16-13-8-10-14(11-9-13)18(19)20/h3-11,16H,2H2,1H3/b17-15+. The number of nitro groups is 1. The second-order valence-electron chi connectivity index (χ2n) is 4.13. The zero-order valence-corrected chi connectivity index (χ0v) is 11.5. The first-order valence-corrected chi connectivity index (χ1v) is 6.47. The highest BCUT2D eigenvalue weighted by Gasteiger charge is 2.05. The average molecular weight is 285 g/mol. The van der Waals surface area contributed by atoms with Crippen LogP contribution in [0, 0.1) is 10.1 Å². The van der Waals surface area contributed by atoms with E-state index in [4.69, 9.17) is 4.74 Å². The first-order valence-electron chi connectivity index (χ1n) is 6.47. The predicted molar refractivity (Wildman–Crippen MR) is 81.3 cm³/mol. The van der Waals surface area contributed by atoms with Crippen molar-refractivity contribution in [2.45, 2.75) is 6.92 Å². The Morgan fingerprint density at radius 1 is 1.19 bits per heavy atom. The van der Waals surface area contributed by atoms with E-state index < -0.39 is 4.92 Å². The summed E-state index contributed by atoms with van der Waals surface area (Å²) < 4.78 is 5.49. The van der Waals surface area contributed by atoms with Crippen molar-refractivity contribution in [1.29, 1.82) is 0 Å². The van der Waals surface area contributed by atoms with Crippen molar-refractivity contribution >= 4 is 17.3 Å². The minimum absolute atomic E-state index is 0.0395. The van der Waals surface area contributed by atoms with E-state index >= 15 is 0 Å². The van der Waals surface area contributed by atoms with E-state index in [2.05, 4.69) is 10.5 Å². The Balaban J connectivity index is 2.14. The molecule has 2 aromatic rings. The van der Waals surface area contributed by atoms with Gasteiger partial charge in [0.25, 0.3) is 5.69 Å². The molecule has 0 spiro atoms. The van der Waals surface area contributed by atoms with Gasteiger partial charge in [0.1, 0.15) is 0 Å². The summed E-state index contributed by atoms with van der Waals surface area (Å²) in [5, 5.41) is 14.8. The van der Waals surface area contributed by atoms with Crippen LogP contribution in [0.5, 0.6) is 0 Å². The van der Waals surface area contributed by atoms with Crippen LogP contribution in [0.3, 0.4) is 0 Å². The maximum atomic E-state index is 10.6. The molecule has 0 fully saturated rings. The third-order valence-corrected chi connectivity index (χ3v) is 2.67. The lowest BCUT2D eigenvalue weighted by Gasteiger charge is -2.08. The summed E-state index contributed by atoms with van der Waals surface area (Å²) in [5.41, 5.74) is 4.38. The van der Waals surface area contributed by atoms with Crippen molar-refractivity contribution in [2.24, 2.45) is 5.10 Å². The van der Waals surface area contributed by atoms with Gasteiger partial charge in [-0.1, -0.05) is 18.2 Å². The van der Waals surface area contributed by atoms with Crippen LogP contribution in [-0.2, 0) is 4.74 Å². The minimum atomic E-state index is -0.442. The lowest BCUT2D eigenvalue weighted by atomic mass is 10.2. The molecule has 0 atom stereocenters. The lowest BCUT2D eigenvalue weighted by molar-refractivity contribution is -0.384. The molecule has 21 heavy (non-hydrogen) atoms. The van der Waals surface area contributed by atoms with Crippen molar-refractivity contribution in [3.8, 4) is 0 Å². The van der Waals surface area contributed by atoms with Gasteiger partial charge in [0.05, 0.1) is 17.2 Å². The fourth-order valence-electron chi connectivity index (χ4n) is 1.67. The number of nitrogens with one attached hydrogen (secondary N) is 1. The van der Waals surface area contributed by atoms with Crippen LogP contribution in [0.15, 0.2) is 59.7 Å². The zero-order chi connectivity index (χ0) is 15.1. The molecule has 0 aliphatic rings. The molecule has 6 heteroatoms. The number of nitrogens with zero attached hydrogens (tertiary/aromatic N) is 2. The molecule has 0 aliphatic carbocycles. The van der Waals surface area contributed by atoms with Gasteiger partial charge in [-0.15, -0.1) is 5.10 Å². The molecule has 0 aromatic heterocycles. The topological polar surface area (TPSA) is 76.8 Å². The third kappa shape index (κ3) is 4.04. The Hall–Kier alpha value is -2.89. The summed E-state index contributed by atoms with van der Waals surface area (Å²) in [5.74, 6) is 0.469. The summed E-state index contributed by atoms with van der Waals surface area (Å²) >= 11 is 0. The minimum Gasteiger partial charge on any atom is -0.477 e.